The molecule has 0 N–H and O–H groups in total. The first kappa shape index (κ1) is 49.5. The number of aromatic nitrogens is 4. The molecule has 4 nitrogen and oxygen atoms in total. The van der Waals surface area contributed by atoms with Gasteiger partial charge in [0.15, 0.2) is 17.5 Å². The van der Waals surface area contributed by atoms with Gasteiger partial charge in [0, 0.05) is 44.3 Å². The maximum Gasteiger partial charge on any atom is 0.165 e. The Balaban J connectivity index is 0.929. The summed E-state index contributed by atoms with van der Waals surface area (Å²) < 4.78 is 2.41. The summed E-state index contributed by atoms with van der Waals surface area (Å²) in [5.74, 6) is 1.80. The second-order valence-corrected chi connectivity index (χ2v) is 21.8. The molecule has 0 saturated heterocycles. The van der Waals surface area contributed by atoms with Crippen LogP contribution in [0.5, 0.6) is 0 Å². The Morgan fingerprint density at radius 3 is 0.906 bits per heavy atom. The molecule has 14 aromatic carbocycles. The SMILES string of the molecule is c1ccc(-c2ccc3c(c2)c2cc(-c4ccccc4)ccc2n3-c2ccc(-c3ccc(-c4c(-c5nc(-c6ccccc6)nc(-c6ccccc6)n5)c(-c5ccccc5)c5c6ccccc6c6ccccc6c5c4-c4ccccc4)cc3)cc2)cc1. The summed E-state index contributed by atoms with van der Waals surface area (Å²) in [7, 11) is 0. The minimum Gasteiger partial charge on any atom is -0.309 e. The second kappa shape index (κ2) is 20.9. The number of benzene rings is 14. The van der Waals surface area contributed by atoms with E-state index in [1.807, 2.05) is 36.4 Å². The van der Waals surface area contributed by atoms with E-state index in [2.05, 4.69) is 284 Å². The van der Waals surface area contributed by atoms with Crippen molar-refractivity contribution in [1.29, 1.82) is 0 Å². The van der Waals surface area contributed by atoms with E-state index in [0.717, 1.165) is 88.7 Å². The van der Waals surface area contributed by atoms with Gasteiger partial charge in [0.1, 0.15) is 0 Å². The van der Waals surface area contributed by atoms with Crippen molar-refractivity contribution in [1.82, 2.24) is 19.5 Å². The summed E-state index contributed by atoms with van der Waals surface area (Å²) in [4.78, 5) is 16.4. The lowest BCUT2D eigenvalue weighted by Crippen LogP contribution is -2.04. The molecule has 2 heterocycles. The van der Waals surface area contributed by atoms with Gasteiger partial charge in [0.05, 0.1) is 11.0 Å². The van der Waals surface area contributed by atoms with Crippen molar-refractivity contribution >= 4 is 54.1 Å². The molecule has 0 spiro atoms. The maximum absolute atomic E-state index is 5.60. The normalized spacial score (nSPS) is 11.5. The summed E-state index contributed by atoms with van der Waals surface area (Å²) in [6.45, 7) is 0. The zero-order valence-electron chi connectivity index (χ0n) is 46.3. The number of hydrogen-bond donors (Lipinski definition) is 0. The van der Waals surface area contributed by atoms with Crippen LogP contribution in [0.2, 0.25) is 0 Å². The Hall–Kier alpha value is -11.3. The summed E-state index contributed by atoms with van der Waals surface area (Å²) in [6, 6.07) is 114. The first-order chi connectivity index (χ1) is 42.2. The van der Waals surface area contributed by atoms with E-state index >= 15 is 0 Å². The Bertz CT molecular complexity index is 5010. The first-order valence-corrected chi connectivity index (χ1v) is 29.0. The van der Waals surface area contributed by atoms with Crippen LogP contribution in [0.4, 0.5) is 0 Å². The maximum atomic E-state index is 5.60. The van der Waals surface area contributed by atoms with Crippen molar-refractivity contribution in [2.24, 2.45) is 0 Å². The van der Waals surface area contributed by atoms with Gasteiger partial charge >= 0.3 is 0 Å². The average Bonchev–Trinajstić information content (AvgIpc) is 1.53. The molecule has 0 atom stereocenters. The van der Waals surface area contributed by atoms with Crippen molar-refractivity contribution < 1.29 is 0 Å². The van der Waals surface area contributed by atoms with Gasteiger partial charge in [0.2, 0.25) is 0 Å². The van der Waals surface area contributed by atoms with Crippen LogP contribution in [-0.4, -0.2) is 19.5 Å². The van der Waals surface area contributed by atoms with Crippen molar-refractivity contribution in [3.63, 3.8) is 0 Å². The molecule has 16 aromatic rings. The average molecular weight is 1080 g/mol. The summed E-state index contributed by atoms with van der Waals surface area (Å²) in [6.07, 6.45) is 0. The van der Waals surface area contributed by atoms with Crippen LogP contribution >= 0.6 is 0 Å². The van der Waals surface area contributed by atoms with Gasteiger partial charge in [-0.15, -0.1) is 0 Å². The van der Waals surface area contributed by atoms with Crippen LogP contribution < -0.4 is 0 Å². The van der Waals surface area contributed by atoms with Gasteiger partial charge in [-0.3, -0.25) is 0 Å². The van der Waals surface area contributed by atoms with Crippen molar-refractivity contribution in [2.45, 2.75) is 0 Å². The molecule has 0 fully saturated rings. The molecular formula is C81H52N4. The summed E-state index contributed by atoms with van der Waals surface area (Å²) in [5, 5.41) is 9.50. The van der Waals surface area contributed by atoms with Gasteiger partial charge in [0.25, 0.3) is 0 Å². The fraction of sp³-hybridized carbons (Fsp3) is 0. The molecule has 0 aliphatic carbocycles. The lowest BCUT2D eigenvalue weighted by molar-refractivity contribution is 1.08. The Morgan fingerprint density at radius 1 is 0.188 bits per heavy atom. The number of hydrogen-bond acceptors (Lipinski definition) is 3. The number of rotatable bonds is 10. The first-order valence-electron chi connectivity index (χ1n) is 29.0. The highest BCUT2D eigenvalue weighted by atomic mass is 15.0. The van der Waals surface area contributed by atoms with Crippen LogP contribution in [0.25, 0.3) is 161 Å². The molecule has 0 radical (unpaired) electrons. The topological polar surface area (TPSA) is 43.6 Å². The molecule has 2 aromatic heterocycles. The predicted octanol–water partition coefficient (Wildman–Crippen LogP) is 21.4. The van der Waals surface area contributed by atoms with E-state index in [1.165, 1.54) is 54.6 Å². The molecule has 0 aliphatic rings. The third kappa shape index (κ3) is 8.66. The third-order valence-electron chi connectivity index (χ3n) is 16.8. The zero-order valence-corrected chi connectivity index (χ0v) is 46.3. The van der Waals surface area contributed by atoms with E-state index in [9.17, 15) is 0 Å². The van der Waals surface area contributed by atoms with Gasteiger partial charge in [-0.25, -0.2) is 15.0 Å². The smallest absolute Gasteiger partial charge is 0.165 e. The lowest BCUT2D eigenvalue weighted by atomic mass is 9.77. The van der Waals surface area contributed by atoms with Crippen LogP contribution in [0.15, 0.2) is 315 Å². The minimum absolute atomic E-state index is 0.593. The molecule has 4 heteroatoms. The van der Waals surface area contributed by atoms with E-state index < -0.39 is 0 Å². The Morgan fingerprint density at radius 2 is 0.482 bits per heavy atom. The molecule has 16 rings (SSSR count). The molecular weight excluding hydrogens is 1030 g/mol. The highest BCUT2D eigenvalue weighted by Gasteiger charge is 2.29. The quantitative estimate of drug-likeness (QED) is 0.128. The van der Waals surface area contributed by atoms with Crippen LogP contribution in [0.3, 0.4) is 0 Å². The van der Waals surface area contributed by atoms with Gasteiger partial charge in [-0.05, 0) is 124 Å². The predicted molar refractivity (Wildman–Crippen MR) is 356 cm³/mol. The highest BCUT2D eigenvalue weighted by molar-refractivity contribution is 6.35. The Kier molecular flexibility index (Phi) is 12.2. The Labute approximate surface area is 492 Å². The minimum atomic E-state index is 0.593. The zero-order chi connectivity index (χ0) is 56.2. The summed E-state index contributed by atoms with van der Waals surface area (Å²) in [5.41, 5.74) is 19.7. The lowest BCUT2D eigenvalue weighted by Gasteiger charge is -2.26. The van der Waals surface area contributed by atoms with Gasteiger partial charge in [-0.1, -0.05) is 279 Å². The molecule has 396 valence electrons. The van der Waals surface area contributed by atoms with Crippen molar-refractivity contribution in [2.75, 3.05) is 0 Å². The highest BCUT2D eigenvalue weighted by Crippen LogP contribution is 2.54. The molecule has 0 bridgehead atoms. The van der Waals surface area contributed by atoms with Crippen LogP contribution in [-0.2, 0) is 0 Å². The van der Waals surface area contributed by atoms with Crippen LogP contribution in [0.1, 0.15) is 0 Å². The third-order valence-corrected chi connectivity index (χ3v) is 16.8. The van der Waals surface area contributed by atoms with Crippen LogP contribution in [0, 0.1) is 0 Å². The van der Waals surface area contributed by atoms with E-state index in [-0.39, 0.29) is 0 Å². The van der Waals surface area contributed by atoms with E-state index in [4.69, 9.17) is 15.0 Å². The molecule has 0 unspecified atom stereocenters. The van der Waals surface area contributed by atoms with E-state index in [1.54, 1.807) is 0 Å². The van der Waals surface area contributed by atoms with Gasteiger partial charge in [-0.2, -0.15) is 0 Å². The molecule has 0 aliphatic heterocycles. The number of nitrogens with zero attached hydrogens (tertiary/aromatic N) is 4. The molecule has 0 amide bonds. The fourth-order valence-electron chi connectivity index (χ4n) is 12.9. The van der Waals surface area contributed by atoms with E-state index in [0.29, 0.717) is 17.5 Å². The monoisotopic (exact) mass is 1080 g/mol. The van der Waals surface area contributed by atoms with Gasteiger partial charge < -0.3 is 4.57 Å². The van der Waals surface area contributed by atoms with Crippen molar-refractivity contribution in [3.05, 3.63) is 315 Å². The molecule has 0 saturated carbocycles. The van der Waals surface area contributed by atoms with Crippen molar-refractivity contribution in [3.8, 4) is 107 Å². The molecule has 85 heavy (non-hydrogen) atoms. The largest absolute Gasteiger partial charge is 0.309 e. The second-order valence-electron chi connectivity index (χ2n) is 21.8. The fourth-order valence-corrected chi connectivity index (χ4v) is 12.9. The summed E-state index contributed by atoms with van der Waals surface area (Å²) >= 11 is 0. The standard InChI is InChI=1S/C81H52N4/c1-7-23-53(24-8-1)62-45-49-71-69(51-62)70-52-63(54-25-9-2-10-26-54)46-50-72(70)85(71)64-47-43-56(44-48-64)55-39-41-59(42-40-55)74-73(57-27-11-3-12-28-57)76-67-37-21-19-35-65(67)66-36-20-22-38-68(66)77(76)75(58-29-13-4-14-30-58)78(74)81-83-79(60-31-15-5-16-32-60)82-80(84-81)61-33-17-6-18-34-61/h1-52H. The number of fused-ring (bicyclic) bond motifs is 9.